The van der Waals surface area contributed by atoms with Gasteiger partial charge in [-0.1, -0.05) is 0 Å². The summed E-state index contributed by atoms with van der Waals surface area (Å²) >= 11 is 0. The standard InChI is InChI=1S/2C6H6O3/c1-8-6(7)5-3-2-4-9-5;1-4-2-3-9-5(4)6(7)8/h2-4H,1H3;2-3H,1H3,(H,7,8). The van der Waals surface area contributed by atoms with Gasteiger partial charge in [-0.05, 0) is 25.1 Å². The van der Waals surface area contributed by atoms with Gasteiger partial charge in [-0.3, -0.25) is 0 Å². The van der Waals surface area contributed by atoms with E-state index in [1.165, 1.54) is 19.6 Å². The lowest BCUT2D eigenvalue weighted by Gasteiger charge is -1.89. The van der Waals surface area contributed by atoms with Crippen LogP contribution in [-0.4, -0.2) is 24.2 Å². The topological polar surface area (TPSA) is 89.9 Å². The third-order valence-corrected chi connectivity index (χ3v) is 1.96. The van der Waals surface area contributed by atoms with Crippen LogP contribution < -0.4 is 0 Å². The van der Waals surface area contributed by atoms with Gasteiger partial charge in [-0.2, -0.15) is 0 Å². The van der Waals surface area contributed by atoms with Crippen LogP contribution in [0.5, 0.6) is 0 Å². The normalized spacial score (nSPS) is 9.22. The van der Waals surface area contributed by atoms with Crippen LogP contribution in [-0.2, 0) is 4.74 Å². The van der Waals surface area contributed by atoms with Crippen molar-refractivity contribution in [3.8, 4) is 0 Å². The molecule has 0 aliphatic heterocycles. The van der Waals surface area contributed by atoms with Crippen molar-refractivity contribution in [3.05, 3.63) is 47.8 Å². The summed E-state index contributed by atoms with van der Waals surface area (Å²) in [5.41, 5.74) is 0.655. The number of hydrogen-bond acceptors (Lipinski definition) is 5. The van der Waals surface area contributed by atoms with Crippen LogP contribution >= 0.6 is 0 Å². The van der Waals surface area contributed by atoms with Crippen LogP contribution in [0.1, 0.15) is 26.7 Å². The summed E-state index contributed by atoms with van der Waals surface area (Å²) in [5, 5.41) is 8.36. The lowest BCUT2D eigenvalue weighted by Crippen LogP contribution is -1.97. The Hall–Kier alpha value is -2.50. The highest BCUT2D eigenvalue weighted by Gasteiger charge is 2.08. The minimum absolute atomic E-state index is 0.0231. The predicted octanol–water partition coefficient (Wildman–Crippen LogP) is 2.35. The van der Waals surface area contributed by atoms with Crippen molar-refractivity contribution in [2.45, 2.75) is 6.92 Å². The average molecular weight is 252 g/mol. The summed E-state index contributed by atoms with van der Waals surface area (Å²) in [6.07, 6.45) is 2.78. The maximum Gasteiger partial charge on any atom is 0.373 e. The number of carbonyl (C=O) groups excluding carboxylic acids is 1. The molecule has 2 heterocycles. The van der Waals surface area contributed by atoms with Gasteiger partial charge in [-0.25, -0.2) is 9.59 Å². The molecule has 6 heteroatoms. The van der Waals surface area contributed by atoms with Gasteiger partial charge in [0, 0.05) is 5.56 Å². The lowest BCUT2D eigenvalue weighted by molar-refractivity contribution is 0.0564. The Morgan fingerprint density at radius 2 is 1.94 bits per heavy atom. The van der Waals surface area contributed by atoms with Gasteiger partial charge < -0.3 is 18.7 Å². The zero-order valence-electron chi connectivity index (χ0n) is 9.88. The summed E-state index contributed by atoms with van der Waals surface area (Å²) in [7, 11) is 1.31. The zero-order valence-corrected chi connectivity index (χ0v) is 9.88. The molecule has 0 radical (unpaired) electrons. The molecule has 0 amide bonds. The van der Waals surface area contributed by atoms with Gasteiger partial charge >= 0.3 is 11.9 Å². The van der Waals surface area contributed by atoms with Crippen molar-refractivity contribution in [3.63, 3.8) is 0 Å². The van der Waals surface area contributed by atoms with E-state index in [2.05, 4.69) is 9.15 Å². The molecule has 2 rings (SSSR count). The fourth-order valence-corrected chi connectivity index (χ4v) is 1.09. The molecule has 96 valence electrons. The van der Waals surface area contributed by atoms with Gasteiger partial charge in [-0.15, -0.1) is 0 Å². The molecule has 0 bridgehead atoms. The number of ether oxygens (including phenoxy) is 1. The first kappa shape index (κ1) is 13.6. The average Bonchev–Trinajstić information content (AvgIpc) is 2.99. The van der Waals surface area contributed by atoms with Crippen molar-refractivity contribution in [2.24, 2.45) is 0 Å². The van der Waals surface area contributed by atoms with Crippen LogP contribution in [0.25, 0.3) is 0 Å². The Bertz CT molecular complexity index is 508. The second kappa shape index (κ2) is 6.29. The molecule has 0 fully saturated rings. The van der Waals surface area contributed by atoms with E-state index < -0.39 is 11.9 Å². The Labute approximate surface area is 103 Å². The summed E-state index contributed by atoms with van der Waals surface area (Å²) < 4.78 is 13.7. The van der Waals surface area contributed by atoms with Crippen LogP contribution in [0.2, 0.25) is 0 Å². The fourth-order valence-electron chi connectivity index (χ4n) is 1.09. The first-order valence-electron chi connectivity index (χ1n) is 4.95. The van der Waals surface area contributed by atoms with E-state index in [-0.39, 0.29) is 11.5 Å². The van der Waals surface area contributed by atoms with E-state index >= 15 is 0 Å². The molecule has 2 aromatic rings. The second-order valence-electron chi connectivity index (χ2n) is 3.21. The molecule has 2 aromatic heterocycles. The van der Waals surface area contributed by atoms with Crippen molar-refractivity contribution in [2.75, 3.05) is 7.11 Å². The van der Waals surface area contributed by atoms with E-state index in [1.807, 2.05) is 0 Å². The summed E-state index contributed by atoms with van der Waals surface area (Å²) in [5.74, 6) is -1.20. The van der Waals surface area contributed by atoms with E-state index in [9.17, 15) is 9.59 Å². The van der Waals surface area contributed by atoms with Gasteiger partial charge in [0.2, 0.25) is 11.5 Å². The van der Waals surface area contributed by atoms with Gasteiger partial charge in [0.1, 0.15) is 0 Å². The molecule has 0 aliphatic rings. The van der Waals surface area contributed by atoms with E-state index in [4.69, 9.17) is 9.52 Å². The summed E-state index contributed by atoms with van der Waals surface area (Å²) in [6.45, 7) is 1.69. The summed E-state index contributed by atoms with van der Waals surface area (Å²) in [4.78, 5) is 20.7. The first-order valence-corrected chi connectivity index (χ1v) is 4.95. The molecule has 0 aliphatic carbocycles. The molecule has 0 saturated carbocycles. The maximum absolute atomic E-state index is 10.6. The number of carboxylic acids is 1. The Kier molecular flexibility index (Phi) is 4.74. The smallest absolute Gasteiger partial charge is 0.373 e. The third-order valence-electron chi connectivity index (χ3n) is 1.96. The summed E-state index contributed by atoms with van der Waals surface area (Å²) in [6, 6.07) is 4.79. The lowest BCUT2D eigenvalue weighted by atomic mass is 10.3. The van der Waals surface area contributed by atoms with E-state index in [0.717, 1.165) is 0 Å². The molecular weight excluding hydrogens is 240 g/mol. The molecule has 0 aromatic carbocycles. The highest BCUT2D eigenvalue weighted by Crippen LogP contribution is 2.07. The number of furan rings is 2. The van der Waals surface area contributed by atoms with Crippen molar-refractivity contribution >= 4 is 11.9 Å². The molecule has 0 saturated heterocycles. The Balaban J connectivity index is 0.000000180. The molecular formula is C12H12O6. The number of hydrogen-bond donors (Lipinski definition) is 1. The van der Waals surface area contributed by atoms with Gasteiger partial charge in [0.15, 0.2) is 0 Å². The largest absolute Gasteiger partial charge is 0.475 e. The molecule has 18 heavy (non-hydrogen) atoms. The van der Waals surface area contributed by atoms with Gasteiger partial charge in [0.25, 0.3) is 0 Å². The molecule has 0 atom stereocenters. The minimum atomic E-state index is -1.02. The molecule has 0 unspecified atom stereocenters. The number of esters is 1. The van der Waals surface area contributed by atoms with Gasteiger partial charge in [0.05, 0.1) is 19.6 Å². The SMILES string of the molecule is COC(=O)c1ccco1.Cc1ccoc1C(=O)O. The quantitative estimate of drug-likeness (QED) is 0.825. The van der Waals surface area contributed by atoms with Crippen molar-refractivity contribution < 1.29 is 28.3 Å². The van der Waals surface area contributed by atoms with Crippen LogP contribution in [0.15, 0.2) is 39.6 Å². The number of rotatable bonds is 2. The first-order chi connectivity index (χ1) is 8.56. The Morgan fingerprint density at radius 3 is 2.28 bits per heavy atom. The number of carboxylic acid groups (broad SMARTS) is 1. The number of aryl methyl sites for hydroxylation is 1. The van der Waals surface area contributed by atoms with E-state index in [1.54, 1.807) is 25.1 Å². The number of carbonyl (C=O) groups is 2. The zero-order chi connectivity index (χ0) is 13.5. The molecule has 1 N–H and O–H groups in total. The fraction of sp³-hybridized carbons (Fsp3) is 0.167. The number of methoxy groups -OCH3 is 1. The predicted molar refractivity (Wildman–Crippen MR) is 60.5 cm³/mol. The van der Waals surface area contributed by atoms with Crippen molar-refractivity contribution in [1.82, 2.24) is 0 Å². The van der Waals surface area contributed by atoms with Crippen LogP contribution in [0.4, 0.5) is 0 Å². The minimum Gasteiger partial charge on any atom is -0.475 e. The second-order valence-corrected chi connectivity index (χ2v) is 3.21. The van der Waals surface area contributed by atoms with E-state index in [0.29, 0.717) is 5.56 Å². The number of aromatic carboxylic acids is 1. The molecule has 0 spiro atoms. The Morgan fingerprint density at radius 1 is 1.22 bits per heavy atom. The monoisotopic (exact) mass is 252 g/mol. The van der Waals surface area contributed by atoms with Crippen LogP contribution in [0.3, 0.4) is 0 Å². The highest BCUT2D eigenvalue weighted by atomic mass is 16.5. The molecule has 6 nitrogen and oxygen atoms in total. The van der Waals surface area contributed by atoms with Crippen molar-refractivity contribution in [1.29, 1.82) is 0 Å². The highest BCUT2D eigenvalue weighted by molar-refractivity contribution is 5.86. The van der Waals surface area contributed by atoms with Crippen LogP contribution in [0, 0.1) is 6.92 Å². The third kappa shape index (κ3) is 3.51. The maximum atomic E-state index is 10.6.